The molecular formula is C24H36O4. The molecule has 4 nitrogen and oxygen atoms in total. The van der Waals surface area contributed by atoms with Crippen molar-refractivity contribution in [2.45, 2.75) is 85.0 Å². The Morgan fingerprint density at radius 3 is 2.71 bits per heavy atom. The standard InChI is InChI=1S/C24H36O4/c1-15(2)10-12-24(5)16(3)8-9-18-19(24)7-6-11-23(18,4)14-20(25)17-13-21(26)28-22(17)27/h7,13,16,18,20,22,25,27H,1,6,8-12,14H2,2-5H3/t16-,18+,20-,22?,23-,24+/m1/s1. The number of fused-ring (bicyclic) bond motifs is 1. The van der Waals surface area contributed by atoms with Crippen LogP contribution in [0.3, 0.4) is 0 Å². The van der Waals surface area contributed by atoms with Crippen LogP contribution in [-0.4, -0.2) is 28.6 Å². The molecule has 1 fully saturated rings. The molecule has 0 bridgehead atoms. The van der Waals surface area contributed by atoms with E-state index in [1.54, 1.807) is 5.57 Å². The number of carbonyl (C=O) groups is 1. The second kappa shape index (κ2) is 7.79. The molecule has 1 aliphatic heterocycles. The first-order chi connectivity index (χ1) is 13.1. The summed E-state index contributed by atoms with van der Waals surface area (Å²) in [6, 6.07) is 0. The number of aliphatic hydroxyl groups excluding tert-OH is 2. The summed E-state index contributed by atoms with van der Waals surface area (Å²) in [5.41, 5.74) is 3.20. The average Bonchev–Trinajstić information content (AvgIpc) is 2.95. The van der Waals surface area contributed by atoms with Gasteiger partial charge in [-0.2, -0.15) is 0 Å². The second-order valence-electron chi connectivity index (χ2n) is 9.91. The van der Waals surface area contributed by atoms with E-state index in [1.807, 2.05) is 0 Å². The highest BCUT2D eigenvalue weighted by atomic mass is 16.6. The molecule has 1 unspecified atom stereocenters. The van der Waals surface area contributed by atoms with Gasteiger partial charge in [-0.25, -0.2) is 4.79 Å². The largest absolute Gasteiger partial charge is 0.429 e. The smallest absolute Gasteiger partial charge is 0.333 e. The van der Waals surface area contributed by atoms with E-state index in [2.05, 4.69) is 40.3 Å². The van der Waals surface area contributed by atoms with Crippen molar-refractivity contribution in [1.29, 1.82) is 0 Å². The van der Waals surface area contributed by atoms with Crippen molar-refractivity contribution in [2.75, 3.05) is 0 Å². The minimum absolute atomic E-state index is 0.0552. The third-order valence-corrected chi connectivity index (χ3v) is 7.84. The van der Waals surface area contributed by atoms with Crippen LogP contribution >= 0.6 is 0 Å². The number of hydrogen-bond donors (Lipinski definition) is 2. The van der Waals surface area contributed by atoms with Gasteiger partial charge in [0.05, 0.1) is 6.10 Å². The van der Waals surface area contributed by atoms with Gasteiger partial charge >= 0.3 is 5.97 Å². The fourth-order valence-corrected chi connectivity index (χ4v) is 5.75. The number of ether oxygens (including phenoxy) is 1. The molecule has 6 atom stereocenters. The van der Waals surface area contributed by atoms with E-state index in [4.69, 9.17) is 4.74 Å². The Morgan fingerprint density at radius 2 is 2.11 bits per heavy atom. The number of rotatable bonds is 6. The van der Waals surface area contributed by atoms with Crippen LogP contribution in [0.4, 0.5) is 0 Å². The third-order valence-electron chi connectivity index (χ3n) is 7.84. The van der Waals surface area contributed by atoms with Gasteiger partial charge in [0, 0.05) is 11.6 Å². The summed E-state index contributed by atoms with van der Waals surface area (Å²) in [5.74, 6) is 0.486. The molecule has 1 saturated carbocycles. The summed E-state index contributed by atoms with van der Waals surface area (Å²) in [4.78, 5) is 11.4. The Morgan fingerprint density at radius 1 is 1.39 bits per heavy atom. The quantitative estimate of drug-likeness (QED) is 0.512. The Kier molecular flexibility index (Phi) is 5.94. The maximum Gasteiger partial charge on any atom is 0.333 e. The van der Waals surface area contributed by atoms with E-state index in [-0.39, 0.29) is 10.8 Å². The summed E-state index contributed by atoms with van der Waals surface area (Å²) in [6.45, 7) is 13.3. The minimum atomic E-state index is -1.31. The number of hydrogen-bond acceptors (Lipinski definition) is 4. The van der Waals surface area contributed by atoms with Gasteiger partial charge in [0.15, 0.2) is 0 Å². The van der Waals surface area contributed by atoms with E-state index in [1.165, 1.54) is 18.1 Å². The lowest BCUT2D eigenvalue weighted by molar-refractivity contribution is -0.152. The Balaban J connectivity index is 1.83. The van der Waals surface area contributed by atoms with E-state index in [9.17, 15) is 15.0 Å². The molecule has 4 heteroatoms. The van der Waals surface area contributed by atoms with Crippen molar-refractivity contribution in [3.05, 3.63) is 35.5 Å². The molecule has 0 aromatic rings. The first kappa shape index (κ1) is 21.3. The first-order valence-corrected chi connectivity index (χ1v) is 10.7. The molecule has 0 aromatic carbocycles. The lowest BCUT2D eigenvalue weighted by Crippen LogP contribution is -2.45. The zero-order chi connectivity index (χ0) is 20.7. The van der Waals surface area contributed by atoms with Gasteiger partial charge in [-0.05, 0) is 74.5 Å². The fourth-order valence-electron chi connectivity index (χ4n) is 5.75. The predicted molar refractivity (Wildman–Crippen MR) is 110 cm³/mol. The second-order valence-corrected chi connectivity index (χ2v) is 9.91. The van der Waals surface area contributed by atoms with Crippen LogP contribution < -0.4 is 0 Å². The number of aliphatic hydroxyl groups is 2. The Bertz CT molecular complexity index is 705. The van der Waals surface area contributed by atoms with Gasteiger partial charge in [0.25, 0.3) is 0 Å². The molecule has 0 aromatic heterocycles. The molecule has 0 spiro atoms. The Labute approximate surface area is 169 Å². The molecule has 3 aliphatic rings. The molecule has 0 saturated heterocycles. The van der Waals surface area contributed by atoms with Crippen molar-refractivity contribution in [3.63, 3.8) is 0 Å². The monoisotopic (exact) mass is 388 g/mol. The van der Waals surface area contributed by atoms with Crippen molar-refractivity contribution >= 4 is 5.97 Å². The zero-order valence-electron chi connectivity index (χ0n) is 17.8. The van der Waals surface area contributed by atoms with E-state index in [0.717, 1.165) is 32.1 Å². The van der Waals surface area contributed by atoms with E-state index in [0.29, 0.717) is 23.8 Å². The molecule has 0 amide bonds. The van der Waals surface area contributed by atoms with E-state index < -0.39 is 18.4 Å². The third kappa shape index (κ3) is 3.86. The molecule has 156 valence electrons. The summed E-state index contributed by atoms with van der Waals surface area (Å²) in [7, 11) is 0. The highest BCUT2D eigenvalue weighted by molar-refractivity contribution is 5.85. The molecule has 2 aliphatic carbocycles. The highest BCUT2D eigenvalue weighted by Gasteiger charge is 2.50. The highest BCUT2D eigenvalue weighted by Crippen LogP contribution is 2.59. The average molecular weight is 389 g/mol. The van der Waals surface area contributed by atoms with Crippen molar-refractivity contribution in [1.82, 2.24) is 0 Å². The number of carbonyl (C=O) groups excluding carboxylic acids is 1. The molecule has 0 radical (unpaired) electrons. The Hall–Kier alpha value is -1.39. The SMILES string of the molecule is C=C(C)CC[C@]1(C)C2=CCC[C@](C)(C[C@@H](O)C3=CC(=O)OC3O)[C@H]2CC[C@H]1C. The molecule has 3 rings (SSSR count). The van der Waals surface area contributed by atoms with Crippen LogP contribution in [0.5, 0.6) is 0 Å². The molecule has 1 heterocycles. The molecule has 2 N–H and O–H groups in total. The normalized spacial score (nSPS) is 38.9. The number of cyclic esters (lactones) is 1. The topological polar surface area (TPSA) is 66.8 Å². The number of esters is 1. The van der Waals surface area contributed by atoms with Gasteiger partial charge in [-0.1, -0.05) is 38.0 Å². The first-order valence-electron chi connectivity index (χ1n) is 10.7. The van der Waals surface area contributed by atoms with Crippen LogP contribution in [0.15, 0.2) is 35.5 Å². The van der Waals surface area contributed by atoms with Crippen LogP contribution in [-0.2, 0) is 9.53 Å². The lowest BCUT2D eigenvalue weighted by atomic mass is 9.50. The maximum atomic E-state index is 11.4. The van der Waals surface area contributed by atoms with Crippen LogP contribution in [0.1, 0.15) is 72.6 Å². The van der Waals surface area contributed by atoms with Crippen molar-refractivity contribution in [2.24, 2.45) is 22.7 Å². The van der Waals surface area contributed by atoms with Crippen LogP contribution in [0.25, 0.3) is 0 Å². The lowest BCUT2D eigenvalue weighted by Gasteiger charge is -2.54. The summed E-state index contributed by atoms with van der Waals surface area (Å²) >= 11 is 0. The predicted octanol–water partition coefficient (Wildman–Crippen LogP) is 4.67. The van der Waals surface area contributed by atoms with E-state index >= 15 is 0 Å². The fraction of sp³-hybridized carbons (Fsp3) is 0.708. The molecule has 28 heavy (non-hydrogen) atoms. The minimum Gasteiger partial charge on any atom is -0.429 e. The van der Waals surface area contributed by atoms with Gasteiger partial charge in [0.2, 0.25) is 6.29 Å². The van der Waals surface area contributed by atoms with Crippen molar-refractivity contribution in [3.8, 4) is 0 Å². The summed E-state index contributed by atoms with van der Waals surface area (Å²) in [6.07, 6.45) is 8.61. The zero-order valence-corrected chi connectivity index (χ0v) is 17.8. The van der Waals surface area contributed by atoms with Crippen molar-refractivity contribution < 1.29 is 19.7 Å². The maximum absolute atomic E-state index is 11.4. The number of allylic oxidation sites excluding steroid dienone is 3. The van der Waals surface area contributed by atoms with Gasteiger partial charge in [-0.3, -0.25) is 0 Å². The van der Waals surface area contributed by atoms with Crippen LogP contribution in [0.2, 0.25) is 0 Å². The van der Waals surface area contributed by atoms with Gasteiger partial charge in [-0.15, -0.1) is 6.58 Å². The molecular weight excluding hydrogens is 352 g/mol. The summed E-state index contributed by atoms with van der Waals surface area (Å²) < 4.78 is 4.77. The van der Waals surface area contributed by atoms with Crippen LogP contribution in [0, 0.1) is 22.7 Å². The van der Waals surface area contributed by atoms with Gasteiger partial charge in [0.1, 0.15) is 0 Å². The van der Waals surface area contributed by atoms with Gasteiger partial charge < -0.3 is 14.9 Å². The summed E-state index contributed by atoms with van der Waals surface area (Å²) in [5, 5.41) is 20.7.